The van der Waals surface area contributed by atoms with Crippen LogP contribution in [0.4, 0.5) is 5.69 Å². The lowest BCUT2D eigenvalue weighted by atomic mass is 10.1. The summed E-state index contributed by atoms with van der Waals surface area (Å²) in [7, 11) is 0. The van der Waals surface area contributed by atoms with Crippen molar-refractivity contribution in [3.8, 4) is 0 Å². The van der Waals surface area contributed by atoms with E-state index >= 15 is 0 Å². The van der Waals surface area contributed by atoms with Crippen molar-refractivity contribution in [1.82, 2.24) is 20.2 Å². The highest BCUT2D eigenvalue weighted by atomic mass is 35.5. The van der Waals surface area contributed by atoms with Gasteiger partial charge in [-0.2, -0.15) is 0 Å². The molecule has 1 aromatic heterocycles. The molecule has 0 saturated heterocycles. The Kier molecular flexibility index (Phi) is 5.08. The number of hydrogen-bond acceptors (Lipinski definition) is 5. The first kappa shape index (κ1) is 16.8. The molecule has 0 unspecified atom stereocenters. The topological polar surface area (TPSA) is 72.7 Å². The summed E-state index contributed by atoms with van der Waals surface area (Å²) in [6.45, 7) is 7.87. The lowest BCUT2D eigenvalue weighted by Crippen LogP contribution is -2.24. The SMILES string of the molecule is Cc1c(Cl)cccc1NC(=O)CSc1nnnn1C(C)(C)C. The van der Waals surface area contributed by atoms with Crippen molar-refractivity contribution in [2.24, 2.45) is 0 Å². The Morgan fingerprint density at radius 2 is 2.14 bits per heavy atom. The number of amides is 1. The van der Waals surface area contributed by atoms with Crippen LogP contribution in [0.15, 0.2) is 23.4 Å². The van der Waals surface area contributed by atoms with Gasteiger partial charge in [0.05, 0.1) is 11.3 Å². The molecule has 2 aromatic rings. The Morgan fingerprint density at radius 3 is 2.82 bits per heavy atom. The molecule has 1 amide bonds. The minimum atomic E-state index is -0.230. The maximum absolute atomic E-state index is 12.1. The standard InChI is InChI=1S/C14H18ClN5OS/c1-9-10(15)6-5-7-11(9)16-12(21)8-22-13-17-18-19-20(13)14(2,3)4/h5-7H,8H2,1-4H3,(H,16,21). The third kappa shape index (κ3) is 3.98. The number of carbonyl (C=O) groups excluding carboxylic acids is 1. The highest BCUT2D eigenvalue weighted by Crippen LogP contribution is 2.24. The number of carbonyl (C=O) groups is 1. The van der Waals surface area contributed by atoms with Gasteiger partial charge in [-0.05, 0) is 55.8 Å². The fourth-order valence-electron chi connectivity index (χ4n) is 1.75. The van der Waals surface area contributed by atoms with Crippen molar-refractivity contribution < 1.29 is 4.79 Å². The Hall–Kier alpha value is -1.60. The molecule has 1 heterocycles. The first-order valence-electron chi connectivity index (χ1n) is 6.75. The van der Waals surface area contributed by atoms with Crippen molar-refractivity contribution in [3.63, 3.8) is 0 Å². The number of rotatable bonds is 4. The van der Waals surface area contributed by atoms with Gasteiger partial charge >= 0.3 is 0 Å². The number of nitrogens with one attached hydrogen (secondary N) is 1. The minimum absolute atomic E-state index is 0.126. The number of aromatic nitrogens is 4. The maximum atomic E-state index is 12.1. The number of nitrogens with zero attached hydrogens (tertiary/aromatic N) is 4. The Labute approximate surface area is 138 Å². The van der Waals surface area contributed by atoms with Crippen LogP contribution in [0.2, 0.25) is 5.02 Å². The smallest absolute Gasteiger partial charge is 0.234 e. The summed E-state index contributed by atoms with van der Waals surface area (Å²) in [6.07, 6.45) is 0. The molecule has 0 aliphatic heterocycles. The van der Waals surface area contributed by atoms with Gasteiger partial charge in [-0.25, -0.2) is 4.68 Å². The fourth-order valence-corrected chi connectivity index (χ4v) is 2.78. The molecule has 118 valence electrons. The number of hydrogen-bond donors (Lipinski definition) is 1. The van der Waals surface area contributed by atoms with Crippen molar-refractivity contribution in [2.45, 2.75) is 38.4 Å². The summed E-state index contributed by atoms with van der Waals surface area (Å²) in [5, 5.41) is 15.7. The van der Waals surface area contributed by atoms with Crippen LogP contribution in [0.1, 0.15) is 26.3 Å². The van der Waals surface area contributed by atoms with Gasteiger partial charge in [0, 0.05) is 10.7 Å². The second-order valence-corrected chi connectivity index (χ2v) is 7.14. The predicted molar refractivity (Wildman–Crippen MR) is 88.4 cm³/mol. The van der Waals surface area contributed by atoms with E-state index in [1.165, 1.54) is 11.8 Å². The van der Waals surface area contributed by atoms with Crippen LogP contribution >= 0.6 is 23.4 Å². The second-order valence-electron chi connectivity index (χ2n) is 5.79. The van der Waals surface area contributed by atoms with E-state index in [2.05, 4.69) is 20.8 Å². The third-order valence-electron chi connectivity index (χ3n) is 2.95. The van der Waals surface area contributed by atoms with E-state index in [0.29, 0.717) is 15.9 Å². The molecule has 2 rings (SSSR count). The molecule has 22 heavy (non-hydrogen) atoms. The Bertz CT molecular complexity index is 680. The van der Waals surface area contributed by atoms with E-state index < -0.39 is 0 Å². The molecular weight excluding hydrogens is 322 g/mol. The zero-order valence-electron chi connectivity index (χ0n) is 12.9. The van der Waals surface area contributed by atoms with Crippen LogP contribution in [-0.2, 0) is 10.3 Å². The van der Waals surface area contributed by atoms with Crippen LogP contribution in [0.5, 0.6) is 0 Å². The Morgan fingerprint density at radius 1 is 1.41 bits per heavy atom. The van der Waals surface area contributed by atoms with Crippen LogP contribution in [0.3, 0.4) is 0 Å². The molecule has 0 fully saturated rings. The van der Waals surface area contributed by atoms with E-state index in [9.17, 15) is 4.79 Å². The van der Waals surface area contributed by atoms with E-state index in [-0.39, 0.29) is 17.2 Å². The van der Waals surface area contributed by atoms with Crippen molar-refractivity contribution in [1.29, 1.82) is 0 Å². The third-order valence-corrected chi connectivity index (χ3v) is 4.28. The van der Waals surface area contributed by atoms with Gasteiger partial charge in [-0.15, -0.1) is 5.10 Å². The van der Waals surface area contributed by atoms with Gasteiger partial charge in [0.1, 0.15) is 0 Å². The van der Waals surface area contributed by atoms with Gasteiger partial charge in [0.2, 0.25) is 11.1 Å². The summed E-state index contributed by atoms with van der Waals surface area (Å²) >= 11 is 7.34. The van der Waals surface area contributed by atoms with E-state index in [1.807, 2.05) is 33.8 Å². The normalized spacial score (nSPS) is 11.5. The van der Waals surface area contributed by atoms with Gasteiger partial charge in [-0.3, -0.25) is 4.79 Å². The molecule has 8 heteroatoms. The number of anilines is 1. The lowest BCUT2D eigenvalue weighted by molar-refractivity contribution is -0.113. The molecule has 0 aliphatic rings. The molecule has 0 spiro atoms. The van der Waals surface area contributed by atoms with Crippen LogP contribution in [0, 0.1) is 6.92 Å². The summed E-state index contributed by atoms with van der Waals surface area (Å²) in [6, 6.07) is 5.42. The minimum Gasteiger partial charge on any atom is -0.325 e. The lowest BCUT2D eigenvalue weighted by Gasteiger charge is -2.19. The van der Waals surface area contributed by atoms with Gasteiger partial charge < -0.3 is 5.32 Å². The average Bonchev–Trinajstić information content (AvgIpc) is 2.90. The monoisotopic (exact) mass is 339 g/mol. The molecule has 0 radical (unpaired) electrons. The molecule has 0 aliphatic carbocycles. The second kappa shape index (κ2) is 6.66. The number of thioether (sulfide) groups is 1. The largest absolute Gasteiger partial charge is 0.325 e. The molecule has 0 bridgehead atoms. The number of benzene rings is 1. The molecule has 0 saturated carbocycles. The molecular formula is C14H18ClN5OS. The van der Waals surface area contributed by atoms with E-state index in [0.717, 1.165) is 5.56 Å². The number of halogens is 1. The average molecular weight is 340 g/mol. The quantitative estimate of drug-likeness (QED) is 0.866. The molecule has 1 aromatic carbocycles. The van der Waals surface area contributed by atoms with Gasteiger partial charge in [0.25, 0.3) is 0 Å². The van der Waals surface area contributed by atoms with Crippen molar-refractivity contribution in [3.05, 3.63) is 28.8 Å². The summed E-state index contributed by atoms with van der Waals surface area (Å²) in [5.74, 6) is 0.0985. The van der Waals surface area contributed by atoms with Crippen LogP contribution < -0.4 is 5.32 Å². The Balaban J connectivity index is 1.99. The first-order chi connectivity index (χ1) is 10.3. The molecule has 0 atom stereocenters. The van der Waals surface area contributed by atoms with Crippen LogP contribution in [0.25, 0.3) is 0 Å². The highest BCUT2D eigenvalue weighted by Gasteiger charge is 2.20. The number of tetrazole rings is 1. The summed E-state index contributed by atoms with van der Waals surface area (Å²) < 4.78 is 1.70. The maximum Gasteiger partial charge on any atom is 0.234 e. The van der Waals surface area contributed by atoms with Crippen molar-refractivity contribution >= 4 is 35.0 Å². The zero-order chi connectivity index (χ0) is 16.3. The molecule has 6 nitrogen and oxygen atoms in total. The fraction of sp³-hybridized carbons (Fsp3) is 0.429. The van der Waals surface area contributed by atoms with Crippen molar-refractivity contribution in [2.75, 3.05) is 11.1 Å². The van der Waals surface area contributed by atoms with Gasteiger partial charge in [0.15, 0.2) is 0 Å². The summed E-state index contributed by atoms with van der Waals surface area (Å²) in [4.78, 5) is 12.1. The van der Waals surface area contributed by atoms with Crippen LogP contribution in [-0.4, -0.2) is 31.9 Å². The van der Waals surface area contributed by atoms with E-state index in [1.54, 1.807) is 16.8 Å². The van der Waals surface area contributed by atoms with Gasteiger partial charge in [-0.1, -0.05) is 29.4 Å². The first-order valence-corrected chi connectivity index (χ1v) is 8.12. The van der Waals surface area contributed by atoms with E-state index in [4.69, 9.17) is 11.6 Å². The molecule has 1 N–H and O–H groups in total. The highest BCUT2D eigenvalue weighted by molar-refractivity contribution is 7.99. The predicted octanol–water partition coefficient (Wildman–Crippen LogP) is 3.12. The summed E-state index contributed by atoms with van der Waals surface area (Å²) in [5.41, 5.74) is 1.34. The zero-order valence-corrected chi connectivity index (χ0v) is 14.5.